The maximum Gasteiger partial charge on any atom is 0.416 e. The van der Waals surface area contributed by atoms with E-state index in [4.69, 9.17) is 5.11 Å². The van der Waals surface area contributed by atoms with Gasteiger partial charge in [0.1, 0.15) is 6.61 Å². The van der Waals surface area contributed by atoms with Crippen LogP contribution in [-0.4, -0.2) is 46.9 Å². The first-order valence-corrected chi connectivity index (χ1v) is 5.82. The summed E-state index contributed by atoms with van der Waals surface area (Å²) in [5, 5.41) is 9.07. The van der Waals surface area contributed by atoms with Gasteiger partial charge in [0.2, 0.25) is 5.91 Å². The topological polar surface area (TPSA) is 66.8 Å². The molecule has 0 aromatic heterocycles. The Bertz CT molecular complexity index is 369. The van der Waals surface area contributed by atoms with Gasteiger partial charge in [-0.25, -0.2) is 9.69 Å². The minimum Gasteiger partial charge on any atom is -0.447 e. The number of carbonyl (C=O) groups is 2. The van der Waals surface area contributed by atoms with Gasteiger partial charge in [-0.2, -0.15) is 13.2 Å². The maximum absolute atomic E-state index is 12.4. The summed E-state index contributed by atoms with van der Waals surface area (Å²) >= 11 is 0. The number of nitrogens with zero attached hydrogens (tertiary/aromatic N) is 1. The average molecular weight is 283 g/mol. The molecular weight excluding hydrogens is 267 g/mol. The molecule has 5 nitrogen and oxygen atoms in total. The third kappa shape index (κ3) is 3.17. The van der Waals surface area contributed by atoms with Crippen molar-refractivity contribution in [2.24, 2.45) is 11.8 Å². The number of aliphatic hydroxyl groups is 1. The predicted molar refractivity (Wildman–Crippen MR) is 58.0 cm³/mol. The molecule has 0 saturated carbocycles. The number of amides is 2. The summed E-state index contributed by atoms with van der Waals surface area (Å²) in [5.41, 5.74) is 0. The predicted octanol–water partition coefficient (Wildman–Crippen LogP) is 1.55. The van der Waals surface area contributed by atoms with Crippen LogP contribution in [0.1, 0.15) is 20.8 Å². The van der Waals surface area contributed by atoms with Gasteiger partial charge in [-0.05, 0) is 5.92 Å². The molecule has 1 saturated heterocycles. The molecular formula is C11H16F3NO4. The van der Waals surface area contributed by atoms with Crippen LogP contribution in [0.3, 0.4) is 0 Å². The van der Waals surface area contributed by atoms with E-state index in [1.807, 2.05) is 0 Å². The molecule has 19 heavy (non-hydrogen) atoms. The highest BCUT2D eigenvalue weighted by Gasteiger charge is 2.49. The third-order valence-electron chi connectivity index (χ3n) is 3.11. The Morgan fingerprint density at radius 2 is 1.95 bits per heavy atom. The van der Waals surface area contributed by atoms with E-state index in [9.17, 15) is 22.8 Å². The zero-order chi connectivity index (χ0) is 15.0. The summed E-state index contributed by atoms with van der Waals surface area (Å²) in [5.74, 6) is -2.98. The Hall–Kier alpha value is -1.31. The summed E-state index contributed by atoms with van der Waals surface area (Å²) in [4.78, 5) is 24.0. The number of alkyl halides is 3. The van der Waals surface area contributed by atoms with Gasteiger partial charge in [0.15, 0.2) is 6.10 Å². The molecule has 2 amide bonds. The molecule has 1 rings (SSSR count). The van der Waals surface area contributed by atoms with Crippen LogP contribution in [0.15, 0.2) is 0 Å². The zero-order valence-corrected chi connectivity index (χ0v) is 10.8. The van der Waals surface area contributed by atoms with E-state index in [1.165, 1.54) is 0 Å². The number of hydrogen-bond donors (Lipinski definition) is 1. The monoisotopic (exact) mass is 283 g/mol. The number of aliphatic hydroxyl groups excluding tert-OH is 1. The molecule has 0 unspecified atom stereocenters. The van der Waals surface area contributed by atoms with E-state index in [2.05, 4.69) is 4.74 Å². The minimum atomic E-state index is -4.91. The van der Waals surface area contributed by atoms with Crippen molar-refractivity contribution in [3.05, 3.63) is 0 Å². The van der Waals surface area contributed by atoms with Crippen LogP contribution < -0.4 is 0 Å². The number of ether oxygens (including phenoxy) is 1. The molecule has 1 aliphatic rings. The van der Waals surface area contributed by atoms with E-state index in [0.717, 1.165) is 6.92 Å². The standard InChI is InChI=1S/C11H16F3NO4/c1-5(2)7-4-19-10(18)15(7)9(17)6(3)8(16)11(12,13)14/h5-8,16H,4H2,1-3H3/t6-,7-,8-/m1/s1. The Morgan fingerprint density at radius 3 is 2.37 bits per heavy atom. The summed E-state index contributed by atoms with van der Waals surface area (Å²) < 4.78 is 41.8. The van der Waals surface area contributed by atoms with Crippen LogP contribution in [-0.2, 0) is 9.53 Å². The molecule has 0 aromatic rings. The molecule has 1 N–H and O–H groups in total. The number of imide groups is 1. The van der Waals surface area contributed by atoms with Crippen molar-refractivity contribution in [3.63, 3.8) is 0 Å². The van der Waals surface area contributed by atoms with Crippen LogP contribution in [0.25, 0.3) is 0 Å². The molecule has 0 aliphatic carbocycles. The van der Waals surface area contributed by atoms with Gasteiger partial charge in [-0.1, -0.05) is 20.8 Å². The van der Waals surface area contributed by atoms with Crippen molar-refractivity contribution >= 4 is 12.0 Å². The molecule has 1 aliphatic heterocycles. The lowest BCUT2D eigenvalue weighted by Gasteiger charge is -2.27. The number of carbonyl (C=O) groups excluding carboxylic acids is 2. The Morgan fingerprint density at radius 1 is 1.42 bits per heavy atom. The number of halogens is 3. The van der Waals surface area contributed by atoms with Gasteiger partial charge in [-0.3, -0.25) is 4.79 Å². The van der Waals surface area contributed by atoms with E-state index in [0.29, 0.717) is 4.90 Å². The molecule has 110 valence electrons. The lowest BCUT2D eigenvalue weighted by Crippen LogP contribution is -2.49. The second-order valence-electron chi connectivity index (χ2n) is 4.87. The summed E-state index contributed by atoms with van der Waals surface area (Å²) in [6.07, 6.45) is -8.68. The third-order valence-corrected chi connectivity index (χ3v) is 3.11. The van der Waals surface area contributed by atoms with Crippen LogP contribution >= 0.6 is 0 Å². The van der Waals surface area contributed by atoms with Crippen molar-refractivity contribution in [1.82, 2.24) is 4.90 Å². The largest absolute Gasteiger partial charge is 0.447 e. The van der Waals surface area contributed by atoms with Gasteiger partial charge >= 0.3 is 12.3 Å². The van der Waals surface area contributed by atoms with Crippen molar-refractivity contribution < 1.29 is 32.6 Å². The van der Waals surface area contributed by atoms with Crippen molar-refractivity contribution in [2.45, 2.75) is 39.1 Å². The lowest BCUT2D eigenvalue weighted by atomic mass is 9.99. The SMILES string of the molecule is CC(C)[C@H]1COC(=O)N1C(=O)[C@H](C)[C@@H](O)C(F)(F)F. The van der Waals surface area contributed by atoms with E-state index in [1.54, 1.807) is 13.8 Å². The smallest absolute Gasteiger partial charge is 0.416 e. The summed E-state index contributed by atoms with van der Waals surface area (Å²) in [6, 6.07) is -0.608. The second-order valence-corrected chi connectivity index (χ2v) is 4.87. The van der Waals surface area contributed by atoms with Crippen LogP contribution in [0, 0.1) is 11.8 Å². The average Bonchev–Trinajstić information content (AvgIpc) is 2.67. The van der Waals surface area contributed by atoms with E-state index in [-0.39, 0.29) is 12.5 Å². The van der Waals surface area contributed by atoms with Gasteiger partial charge < -0.3 is 9.84 Å². The van der Waals surface area contributed by atoms with Crippen molar-refractivity contribution in [1.29, 1.82) is 0 Å². The molecule has 3 atom stereocenters. The molecule has 0 spiro atoms. The normalized spacial score (nSPS) is 23.5. The Kier molecular flexibility index (Phi) is 4.44. The van der Waals surface area contributed by atoms with E-state index >= 15 is 0 Å². The van der Waals surface area contributed by atoms with Gasteiger partial charge in [0.05, 0.1) is 12.0 Å². The number of rotatable bonds is 3. The lowest BCUT2D eigenvalue weighted by molar-refractivity contribution is -0.219. The van der Waals surface area contributed by atoms with Crippen molar-refractivity contribution in [3.8, 4) is 0 Å². The van der Waals surface area contributed by atoms with Gasteiger partial charge in [0.25, 0.3) is 0 Å². The van der Waals surface area contributed by atoms with Gasteiger partial charge in [-0.15, -0.1) is 0 Å². The Balaban J connectivity index is 2.89. The highest BCUT2D eigenvalue weighted by molar-refractivity contribution is 5.95. The van der Waals surface area contributed by atoms with E-state index < -0.39 is 36.2 Å². The first-order valence-electron chi connectivity index (χ1n) is 5.82. The molecule has 8 heteroatoms. The fourth-order valence-corrected chi connectivity index (χ4v) is 1.82. The second kappa shape index (κ2) is 5.36. The highest BCUT2D eigenvalue weighted by Crippen LogP contribution is 2.29. The number of cyclic esters (lactones) is 1. The molecule has 0 bridgehead atoms. The van der Waals surface area contributed by atoms with Crippen molar-refractivity contribution in [2.75, 3.05) is 6.61 Å². The number of hydrogen-bond acceptors (Lipinski definition) is 4. The molecule has 0 radical (unpaired) electrons. The first-order chi connectivity index (χ1) is 8.57. The quantitative estimate of drug-likeness (QED) is 0.853. The summed E-state index contributed by atoms with van der Waals surface area (Å²) in [6.45, 7) is 4.33. The van der Waals surface area contributed by atoms with Crippen LogP contribution in [0.4, 0.5) is 18.0 Å². The van der Waals surface area contributed by atoms with Crippen LogP contribution in [0.2, 0.25) is 0 Å². The minimum absolute atomic E-state index is 0.0446. The summed E-state index contributed by atoms with van der Waals surface area (Å²) in [7, 11) is 0. The molecule has 1 fully saturated rings. The fourth-order valence-electron chi connectivity index (χ4n) is 1.82. The zero-order valence-electron chi connectivity index (χ0n) is 10.8. The molecule has 0 aromatic carbocycles. The fraction of sp³-hybridized carbons (Fsp3) is 0.818. The highest BCUT2D eigenvalue weighted by atomic mass is 19.4. The van der Waals surface area contributed by atoms with Gasteiger partial charge in [0, 0.05) is 0 Å². The van der Waals surface area contributed by atoms with Crippen LogP contribution in [0.5, 0.6) is 0 Å². The maximum atomic E-state index is 12.4. The Labute approximate surface area is 108 Å². The molecule has 1 heterocycles. The first kappa shape index (κ1) is 15.7.